The van der Waals surface area contributed by atoms with Crippen molar-refractivity contribution in [3.63, 3.8) is 0 Å². The van der Waals surface area contributed by atoms with Gasteiger partial charge in [-0.05, 0) is 51.1 Å². The van der Waals surface area contributed by atoms with Crippen molar-refractivity contribution in [3.8, 4) is 0 Å². The molecule has 0 atom stereocenters. The number of anilines is 2. The first-order valence-corrected chi connectivity index (χ1v) is 8.26. The van der Waals surface area contributed by atoms with Crippen LogP contribution in [-0.2, 0) is 6.18 Å². The molecule has 2 aromatic rings. The van der Waals surface area contributed by atoms with Crippen LogP contribution in [0, 0.1) is 6.92 Å². The second kappa shape index (κ2) is 8.12. The Bertz CT molecular complexity index is 864. The Balaban J connectivity index is 2.44. The molecule has 0 aliphatic carbocycles. The standard InChI is InChI=1S/C21H21F3N2O/c1-5-26(13-14(2)3)19-11-17(21(22,23)24)10-18(12-19)25-20(27)16-8-6-15(4)7-9-16/h5-13H,1H2,2-4H3,(H,25,27). The molecule has 6 heteroatoms. The second-order valence-electron chi connectivity index (χ2n) is 6.38. The van der Waals surface area contributed by atoms with E-state index < -0.39 is 17.6 Å². The topological polar surface area (TPSA) is 32.3 Å². The van der Waals surface area contributed by atoms with Gasteiger partial charge in [-0.3, -0.25) is 4.79 Å². The number of carbonyl (C=O) groups excluding carboxylic acids is 1. The van der Waals surface area contributed by atoms with Crippen LogP contribution in [0.2, 0.25) is 0 Å². The first-order chi connectivity index (χ1) is 12.6. The fraction of sp³-hybridized carbons (Fsp3) is 0.190. The van der Waals surface area contributed by atoms with Crippen molar-refractivity contribution in [2.75, 3.05) is 10.2 Å². The average molecular weight is 374 g/mol. The molecule has 0 saturated heterocycles. The van der Waals surface area contributed by atoms with Crippen LogP contribution in [0.1, 0.15) is 35.3 Å². The summed E-state index contributed by atoms with van der Waals surface area (Å²) in [6.07, 6.45) is -1.47. The van der Waals surface area contributed by atoms with E-state index in [2.05, 4.69) is 11.9 Å². The lowest BCUT2D eigenvalue weighted by Crippen LogP contribution is -2.15. The van der Waals surface area contributed by atoms with Crippen LogP contribution in [0.4, 0.5) is 24.5 Å². The highest BCUT2D eigenvalue weighted by atomic mass is 19.4. The molecule has 0 fully saturated rings. The molecule has 0 radical (unpaired) electrons. The summed E-state index contributed by atoms with van der Waals surface area (Å²) in [7, 11) is 0. The maximum Gasteiger partial charge on any atom is 0.416 e. The van der Waals surface area contributed by atoms with E-state index in [1.807, 2.05) is 20.8 Å². The maximum absolute atomic E-state index is 13.3. The van der Waals surface area contributed by atoms with Crippen LogP contribution in [0.3, 0.4) is 0 Å². The van der Waals surface area contributed by atoms with Gasteiger partial charge in [0.25, 0.3) is 5.91 Å². The highest BCUT2D eigenvalue weighted by molar-refractivity contribution is 6.04. The number of carbonyl (C=O) groups is 1. The lowest BCUT2D eigenvalue weighted by Gasteiger charge is -2.20. The van der Waals surface area contributed by atoms with Gasteiger partial charge in [-0.2, -0.15) is 13.2 Å². The van der Waals surface area contributed by atoms with Crippen molar-refractivity contribution in [1.29, 1.82) is 0 Å². The third kappa shape index (κ3) is 5.48. The van der Waals surface area contributed by atoms with Crippen LogP contribution in [0.5, 0.6) is 0 Å². The van der Waals surface area contributed by atoms with E-state index in [0.29, 0.717) is 5.56 Å². The number of hydrogen-bond donors (Lipinski definition) is 1. The van der Waals surface area contributed by atoms with E-state index in [1.165, 1.54) is 17.2 Å². The third-order valence-electron chi connectivity index (χ3n) is 3.71. The summed E-state index contributed by atoms with van der Waals surface area (Å²) in [6.45, 7) is 9.17. The zero-order valence-electron chi connectivity index (χ0n) is 15.4. The Morgan fingerprint density at radius 1 is 1.11 bits per heavy atom. The summed E-state index contributed by atoms with van der Waals surface area (Å²) >= 11 is 0. The molecule has 2 aromatic carbocycles. The summed E-state index contributed by atoms with van der Waals surface area (Å²) < 4.78 is 39.9. The van der Waals surface area contributed by atoms with Gasteiger partial charge in [-0.25, -0.2) is 0 Å². The molecule has 0 spiro atoms. The lowest BCUT2D eigenvalue weighted by atomic mass is 10.1. The van der Waals surface area contributed by atoms with Gasteiger partial charge in [0.15, 0.2) is 0 Å². The van der Waals surface area contributed by atoms with E-state index in [1.54, 1.807) is 30.5 Å². The zero-order chi connectivity index (χ0) is 20.2. The van der Waals surface area contributed by atoms with Gasteiger partial charge in [0.1, 0.15) is 0 Å². The van der Waals surface area contributed by atoms with E-state index >= 15 is 0 Å². The molecule has 0 heterocycles. The molecule has 1 N–H and O–H groups in total. The smallest absolute Gasteiger partial charge is 0.324 e. The van der Waals surface area contributed by atoms with Crippen molar-refractivity contribution in [1.82, 2.24) is 0 Å². The van der Waals surface area contributed by atoms with Gasteiger partial charge >= 0.3 is 6.18 Å². The molecule has 27 heavy (non-hydrogen) atoms. The average Bonchev–Trinajstić information content (AvgIpc) is 2.59. The van der Waals surface area contributed by atoms with Crippen LogP contribution in [-0.4, -0.2) is 5.91 Å². The van der Waals surface area contributed by atoms with Crippen LogP contribution in [0.15, 0.2) is 67.0 Å². The van der Waals surface area contributed by atoms with Crippen LogP contribution in [0.25, 0.3) is 0 Å². The van der Waals surface area contributed by atoms with E-state index in [9.17, 15) is 18.0 Å². The summed E-state index contributed by atoms with van der Waals surface area (Å²) in [4.78, 5) is 13.9. The Kier molecular flexibility index (Phi) is 6.10. The fourth-order valence-electron chi connectivity index (χ4n) is 2.42. The number of nitrogens with zero attached hydrogens (tertiary/aromatic N) is 1. The normalized spacial score (nSPS) is 10.9. The molecule has 2 rings (SSSR count). The molecule has 0 aliphatic heterocycles. The van der Waals surface area contributed by atoms with Crippen molar-refractivity contribution in [2.45, 2.75) is 26.9 Å². The predicted octanol–water partition coefficient (Wildman–Crippen LogP) is 6.14. The number of hydrogen-bond acceptors (Lipinski definition) is 2. The molecule has 0 bridgehead atoms. The number of halogens is 3. The zero-order valence-corrected chi connectivity index (χ0v) is 15.4. The fourth-order valence-corrected chi connectivity index (χ4v) is 2.42. The molecule has 0 aliphatic rings. The highest BCUT2D eigenvalue weighted by Gasteiger charge is 2.31. The molecule has 0 saturated carbocycles. The van der Waals surface area contributed by atoms with E-state index in [4.69, 9.17) is 0 Å². The number of aryl methyl sites for hydroxylation is 1. The third-order valence-corrected chi connectivity index (χ3v) is 3.71. The summed E-state index contributed by atoms with van der Waals surface area (Å²) in [5.74, 6) is -0.479. The molecule has 3 nitrogen and oxygen atoms in total. The summed E-state index contributed by atoms with van der Waals surface area (Å²) in [6, 6.07) is 10.2. The Morgan fingerprint density at radius 3 is 2.26 bits per heavy atom. The Hall–Kier alpha value is -3.02. The number of alkyl halides is 3. The largest absolute Gasteiger partial charge is 0.416 e. The monoisotopic (exact) mass is 374 g/mol. The van der Waals surface area contributed by atoms with E-state index in [-0.39, 0.29) is 11.4 Å². The lowest BCUT2D eigenvalue weighted by molar-refractivity contribution is -0.137. The van der Waals surface area contributed by atoms with Gasteiger partial charge in [-0.15, -0.1) is 0 Å². The van der Waals surface area contributed by atoms with Gasteiger partial charge in [-0.1, -0.05) is 29.8 Å². The molecular weight excluding hydrogens is 353 g/mol. The van der Waals surface area contributed by atoms with Crippen LogP contribution >= 0.6 is 0 Å². The molecule has 0 unspecified atom stereocenters. The van der Waals surface area contributed by atoms with Crippen LogP contribution < -0.4 is 10.2 Å². The Labute approximate surface area is 156 Å². The number of allylic oxidation sites excluding steroid dienone is 1. The minimum absolute atomic E-state index is 0.0550. The Morgan fingerprint density at radius 2 is 1.74 bits per heavy atom. The van der Waals surface area contributed by atoms with Crippen molar-refractivity contribution < 1.29 is 18.0 Å². The van der Waals surface area contributed by atoms with Gasteiger partial charge in [0.05, 0.1) is 5.56 Å². The van der Waals surface area contributed by atoms with Crippen molar-refractivity contribution >= 4 is 17.3 Å². The molecule has 0 aromatic heterocycles. The predicted molar refractivity (Wildman–Crippen MR) is 103 cm³/mol. The minimum atomic E-state index is -4.54. The van der Waals surface area contributed by atoms with Crippen molar-refractivity contribution in [2.24, 2.45) is 0 Å². The number of nitrogens with one attached hydrogen (secondary N) is 1. The summed E-state index contributed by atoms with van der Waals surface area (Å²) in [5, 5.41) is 2.54. The van der Waals surface area contributed by atoms with Gasteiger partial charge in [0, 0.05) is 29.3 Å². The molecule has 1 amide bonds. The number of rotatable bonds is 5. The van der Waals surface area contributed by atoms with Crippen molar-refractivity contribution in [3.05, 3.63) is 83.7 Å². The first kappa shape index (κ1) is 20.3. The van der Waals surface area contributed by atoms with Gasteiger partial charge < -0.3 is 10.2 Å². The van der Waals surface area contributed by atoms with E-state index in [0.717, 1.165) is 23.3 Å². The SMILES string of the molecule is C=CN(C=C(C)C)c1cc(NC(=O)c2ccc(C)cc2)cc(C(F)(F)F)c1. The summed E-state index contributed by atoms with van der Waals surface area (Å²) in [5.41, 5.74) is 1.69. The quantitative estimate of drug-likeness (QED) is 0.682. The number of amides is 1. The first-order valence-electron chi connectivity index (χ1n) is 8.26. The maximum atomic E-state index is 13.3. The minimum Gasteiger partial charge on any atom is -0.324 e. The second-order valence-corrected chi connectivity index (χ2v) is 6.38. The number of benzene rings is 2. The van der Waals surface area contributed by atoms with Gasteiger partial charge in [0.2, 0.25) is 0 Å². The molecule has 142 valence electrons. The molecular formula is C21H21F3N2O. The highest BCUT2D eigenvalue weighted by Crippen LogP contribution is 2.35.